The monoisotopic (exact) mass is 257 g/mol. The van der Waals surface area contributed by atoms with Gasteiger partial charge in [-0.15, -0.1) is 0 Å². The average Bonchev–Trinajstić information content (AvgIpc) is 2.46. The summed E-state index contributed by atoms with van der Waals surface area (Å²) in [6.07, 6.45) is 1.87. The Morgan fingerprint density at radius 3 is 2.79 bits per heavy atom. The summed E-state index contributed by atoms with van der Waals surface area (Å²) in [7, 11) is 0. The lowest BCUT2D eigenvalue weighted by molar-refractivity contribution is 0.244. The van der Waals surface area contributed by atoms with Crippen molar-refractivity contribution in [1.82, 2.24) is 9.88 Å². The molecule has 1 unspecified atom stereocenters. The Morgan fingerprint density at radius 2 is 2.05 bits per heavy atom. The van der Waals surface area contributed by atoms with Gasteiger partial charge in [0.2, 0.25) is 0 Å². The molecule has 1 aromatic heterocycles. The summed E-state index contributed by atoms with van der Waals surface area (Å²) in [6.45, 7) is 8.15. The van der Waals surface area contributed by atoms with Crippen molar-refractivity contribution in [1.29, 1.82) is 0 Å². The summed E-state index contributed by atoms with van der Waals surface area (Å²) in [5, 5.41) is 1.21. The van der Waals surface area contributed by atoms with Crippen LogP contribution in [0.15, 0.2) is 36.5 Å². The van der Waals surface area contributed by atoms with E-state index in [2.05, 4.69) is 48.0 Å². The molecule has 2 N–H and O–H groups in total. The van der Waals surface area contributed by atoms with E-state index in [9.17, 15) is 0 Å². The van der Waals surface area contributed by atoms with E-state index < -0.39 is 0 Å². The van der Waals surface area contributed by atoms with Gasteiger partial charge in [-0.05, 0) is 30.6 Å². The fourth-order valence-electron chi connectivity index (χ4n) is 2.36. The van der Waals surface area contributed by atoms with Gasteiger partial charge < -0.3 is 5.73 Å². The topological polar surface area (TPSA) is 42.2 Å². The molecule has 0 aliphatic rings. The minimum Gasteiger partial charge on any atom is -0.330 e. The second-order valence-corrected chi connectivity index (χ2v) is 5.16. The molecule has 3 nitrogen and oxygen atoms in total. The van der Waals surface area contributed by atoms with Crippen LogP contribution in [-0.2, 0) is 6.54 Å². The molecule has 2 aromatic rings. The van der Waals surface area contributed by atoms with Gasteiger partial charge in [0.25, 0.3) is 0 Å². The minimum absolute atomic E-state index is 0.530. The summed E-state index contributed by atoms with van der Waals surface area (Å²) in [5.74, 6) is 0.530. The fourth-order valence-corrected chi connectivity index (χ4v) is 2.36. The van der Waals surface area contributed by atoms with Gasteiger partial charge >= 0.3 is 0 Å². The zero-order valence-corrected chi connectivity index (χ0v) is 11.8. The quantitative estimate of drug-likeness (QED) is 0.865. The maximum Gasteiger partial charge on any atom is 0.0746 e. The predicted molar refractivity (Wildman–Crippen MR) is 80.9 cm³/mol. The molecule has 19 heavy (non-hydrogen) atoms. The summed E-state index contributed by atoms with van der Waals surface area (Å²) >= 11 is 0. The third kappa shape index (κ3) is 3.52. The van der Waals surface area contributed by atoms with E-state index in [0.717, 1.165) is 31.7 Å². The van der Waals surface area contributed by atoms with Crippen molar-refractivity contribution in [3.05, 3.63) is 42.1 Å². The highest BCUT2D eigenvalue weighted by molar-refractivity contribution is 5.81. The molecular weight excluding hydrogens is 234 g/mol. The van der Waals surface area contributed by atoms with E-state index in [1.807, 2.05) is 12.3 Å². The number of para-hydroxylation sites is 1. The van der Waals surface area contributed by atoms with Gasteiger partial charge in [0.15, 0.2) is 0 Å². The van der Waals surface area contributed by atoms with Crippen molar-refractivity contribution in [2.75, 3.05) is 19.6 Å². The Kier molecular flexibility index (Phi) is 4.88. The van der Waals surface area contributed by atoms with Crippen LogP contribution in [0.4, 0.5) is 0 Å². The van der Waals surface area contributed by atoms with Crippen LogP contribution in [0.1, 0.15) is 19.4 Å². The van der Waals surface area contributed by atoms with Gasteiger partial charge in [-0.25, -0.2) is 0 Å². The number of benzene rings is 1. The standard InChI is InChI=1S/C16H23N3/c1-3-19(11-13(2)10-17)12-15-7-4-6-14-8-5-9-18-16(14)15/h4-9,13H,3,10-12,17H2,1-2H3. The molecule has 0 bridgehead atoms. The third-order valence-corrected chi connectivity index (χ3v) is 3.53. The maximum absolute atomic E-state index is 5.72. The summed E-state index contributed by atoms with van der Waals surface area (Å²) in [4.78, 5) is 6.95. The largest absolute Gasteiger partial charge is 0.330 e. The number of fused-ring (bicyclic) bond motifs is 1. The molecule has 0 amide bonds. The van der Waals surface area contributed by atoms with Crippen molar-refractivity contribution in [3.63, 3.8) is 0 Å². The highest BCUT2D eigenvalue weighted by Crippen LogP contribution is 2.18. The van der Waals surface area contributed by atoms with Crippen molar-refractivity contribution in [3.8, 4) is 0 Å². The number of hydrogen-bond donors (Lipinski definition) is 1. The zero-order chi connectivity index (χ0) is 13.7. The van der Waals surface area contributed by atoms with E-state index in [-0.39, 0.29) is 0 Å². The highest BCUT2D eigenvalue weighted by Gasteiger charge is 2.10. The van der Waals surface area contributed by atoms with Gasteiger partial charge in [-0.3, -0.25) is 9.88 Å². The van der Waals surface area contributed by atoms with Crippen LogP contribution in [0.2, 0.25) is 0 Å². The molecule has 1 aromatic carbocycles. The predicted octanol–water partition coefficient (Wildman–Crippen LogP) is 2.65. The van der Waals surface area contributed by atoms with E-state index >= 15 is 0 Å². The normalized spacial score (nSPS) is 13.1. The Balaban J connectivity index is 2.19. The Bertz CT molecular complexity index is 519. The molecule has 0 spiro atoms. The van der Waals surface area contributed by atoms with Crippen LogP contribution in [0.25, 0.3) is 10.9 Å². The number of nitrogens with zero attached hydrogens (tertiary/aromatic N) is 2. The lowest BCUT2D eigenvalue weighted by Crippen LogP contribution is -2.31. The minimum atomic E-state index is 0.530. The molecule has 0 saturated heterocycles. The Labute approximate surface area is 115 Å². The molecule has 1 heterocycles. The van der Waals surface area contributed by atoms with Gasteiger partial charge in [0.1, 0.15) is 0 Å². The van der Waals surface area contributed by atoms with Gasteiger partial charge in [0, 0.05) is 24.7 Å². The number of aromatic nitrogens is 1. The van der Waals surface area contributed by atoms with Crippen LogP contribution in [-0.4, -0.2) is 29.5 Å². The number of pyridine rings is 1. The molecule has 0 aliphatic heterocycles. The van der Waals surface area contributed by atoms with Crippen LogP contribution in [0.5, 0.6) is 0 Å². The number of hydrogen-bond acceptors (Lipinski definition) is 3. The summed E-state index contributed by atoms with van der Waals surface area (Å²) in [6, 6.07) is 10.5. The lowest BCUT2D eigenvalue weighted by atomic mass is 10.1. The van der Waals surface area contributed by atoms with Gasteiger partial charge in [-0.2, -0.15) is 0 Å². The maximum atomic E-state index is 5.72. The first-order chi connectivity index (χ1) is 9.24. The van der Waals surface area contributed by atoms with Crippen LogP contribution < -0.4 is 5.73 Å². The second kappa shape index (κ2) is 6.64. The second-order valence-electron chi connectivity index (χ2n) is 5.16. The van der Waals surface area contributed by atoms with Crippen molar-refractivity contribution in [2.24, 2.45) is 11.7 Å². The Hall–Kier alpha value is -1.45. The first kappa shape index (κ1) is 14.0. The van der Waals surface area contributed by atoms with Crippen LogP contribution in [0.3, 0.4) is 0 Å². The third-order valence-electron chi connectivity index (χ3n) is 3.53. The van der Waals surface area contributed by atoms with E-state index in [1.54, 1.807) is 0 Å². The Morgan fingerprint density at radius 1 is 1.26 bits per heavy atom. The molecule has 1 atom stereocenters. The molecular formula is C16H23N3. The van der Waals surface area contributed by atoms with E-state index in [4.69, 9.17) is 5.73 Å². The molecule has 0 radical (unpaired) electrons. The first-order valence-electron chi connectivity index (χ1n) is 6.99. The molecule has 0 aliphatic carbocycles. The number of rotatable bonds is 6. The lowest BCUT2D eigenvalue weighted by Gasteiger charge is -2.24. The summed E-state index contributed by atoms with van der Waals surface area (Å²) in [5.41, 5.74) is 8.13. The van der Waals surface area contributed by atoms with Crippen LogP contribution >= 0.6 is 0 Å². The highest BCUT2D eigenvalue weighted by atomic mass is 15.1. The number of nitrogens with two attached hydrogens (primary N) is 1. The van der Waals surface area contributed by atoms with E-state index in [0.29, 0.717) is 5.92 Å². The zero-order valence-electron chi connectivity index (χ0n) is 11.8. The molecule has 3 heteroatoms. The summed E-state index contributed by atoms with van der Waals surface area (Å²) < 4.78 is 0. The van der Waals surface area contributed by atoms with Crippen molar-refractivity contribution in [2.45, 2.75) is 20.4 Å². The van der Waals surface area contributed by atoms with Crippen molar-refractivity contribution < 1.29 is 0 Å². The fraction of sp³-hybridized carbons (Fsp3) is 0.438. The van der Waals surface area contributed by atoms with E-state index in [1.165, 1.54) is 10.9 Å². The molecule has 0 saturated carbocycles. The van der Waals surface area contributed by atoms with Crippen LogP contribution in [0, 0.1) is 5.92 Å². The molecule has 0 fully saturated rings. The molecule has 2 rings (SSSR count). The van der Waals surface area contributed by atoms with Gasteiger partial charge in [-0.1, -0.05) is 38.1 Å². The smallest absolute Gasteiger partial charge is 0.0746 e. The van der Waals surface area contributed by atoms with Crippen molar-refractivity contribution >= 4 is 10.9 Å². The SMILES string of the molecule is CCN(Cc1cccc2cccnc12)CC(C)CN. The van der Waals surface area contributed by atoms with Gasteiger partial charge in [0.05, 0.1) is 5.52 Å². The average molecular weight is 257 g/mol. The molecule has 102 valence electrons. The first-order valence-corrected chi connectivity index (χ1v) is 6.99.